The van der Waals surface area contributed by atoms with Crippen molar-refractivity contribution in [3.8, 4) is 17.0 Å². The first-order valence-corrected chi connectivity index (χ1v) is 9.75. The average Bonchev–Trinajstić information content (AvgIpc) is 2.77. The summed E-state index contributed by atoms with van der Waals surface area (Å²) in [6.45, 7) is 0.465. The lowest BCUT2D eigenvalue weighted by Crippen LogP contribution is -2.13. The van der Waals surface area contributed by atoms with Gasteiger partial charge in [-0.1, -0.05) is 42.5 Å². The van der Waals surface area contributed by atoms with Crippen LogP contribution in [0.4, 0.5) is 5.69 Å². The summed E-state index contributed by atoms with van der Waals surface area (Å²) in [5, 5.41) is 11.6. The van der Waals surface area contributed by atoms with Crippen LogP contribution in [0.5, 0.6) is 5.75 Å². The van der Waals surface area contributed by atoms with Gasteiger partial charge >= 0.3 is 0 Å². The molecule has 1 aromatic heterocycles. The first-order chi connectivity index (χ1) is 14.7. The molecule has 0 spiro atoms. The van der Waals surface area contributed by atoms with Crippen LogP contribution in [-0.4, -0.2) is 22.7 Å². The summed E-state index contributed by atoms with van der Waals surface area (Å²) >= 11 is 0. The standard InChI is InChI=1S/C24H21N3O3/c28-23(9-4-14-30-21-11-10-17-5-1-2-6-18(17)16-21)25-20-8-3-7-19(15-20)22-12-13-24(29)27-26-22/h1-3,5-8,10-13,15-16H,4,9,14H2,(H,25,28)(H,27,29). The average molecular weight is 399 g/mol. The number of H-pyrrole nitrogens is 1. The van der Waals surface area contributed by atoms with Crippen LogP contribution >= 0.6 is 0 Å². The minimum absolute atomic E-state index is 0.0799. The molecule has 0 bridgehead atoms. The summed E-state index contributed by atoms with van der Waals surface area (Å²) in [6.07, 6.45) is 0.967. The fourth-order valence-electron chi connectivity index (χ4n) is 3.16. The molecule has 3 aromatic carbocycles. The van der Waals surface area contributed by atoms with E-state index in [1.165, 1.54) is 11.5 Å². The number of hydrogen-bond acceptors (Lipinski definition) is 4. The third-order valence-corrected chi connectivity index (χ3v) is 4.66. The van der Waals surface area contributed by atoms with Gasteiger partial charge in [-0.3, -0.25) is 9.59 Å². The van der Waals surface area contributed by atoms with Gasteiger partial charge in [0, 0.05) is 23.7 Å². The van der Waals surface area contributed by atoms with Crippen LogP contribution in [0.3, 0.4) is 0 Å². The number of nitrogens with zero attached hydrogens (tertiary/aromatic N) is 1. The predicted molar refractivity (Wildman–Crippen MR) is 118 cm³/mol. The van der Waals surface area contributed by atoms with Gasteiger partial charge in [0.05, 0.1) is 12.3 Å². The largest absolute Gasteiger partial charge is 0.494 e. The minimum Gasteiger partial charge on any atom is -0.494 e. The number of hydrogen-bond donors (Lipinski definition) is 2. The number of carbonyl (C=O) groups excluding carboxylic acids is 1. The zero-order valence-electron chi connectivity index (χ0n) is 16.3. The highest BCUT2D eigenvalue weighted by Gasteiger charge is 2.06. The third kappa shape index (κ3) is 4.91. The van der Waals surface area contributed by atoms with E-state index in [-0.39, 0.29) is 11.5 Å². The molecule has 0 fully saturated rings. The molecule has 0 unspecified atom stereocenters. The summed E-state index contributed by atoms with van der Waals surface area (Å²) in [7, 11) is 0. The van der Waals surface area contributed by atoms with Crippen molar-refractivity contribution in [3.05, 3.63) is 89.2 Å². The molecule has 4 rings (SSSR count). The Kier molecular flexibility index (Phi) is 5.85. The van der Waals surface area contributed by atoms with Crippen LogP contribution in [0.15, 0.2) is 83.7 Å². The molecule has 2 N–H and O–H groups in total. The van der Waals surface area contributed by atoms with Crippen LogP contribution in [0.1, 0.15) is 12.8 Å². The number of nitrogens with one attached hydrogen (secondary N) is 2. The van der Waals surface area contributed by atoms with Gasteiger partial charge < -0.3 is 10.1 Å². The van der Waals surface area contributed by atoms with E-state index in [4.69, 9.17) is 4.74 Å². The Morgan fingerprint density at radius 1 is 0.933 bits per heavy atom. The Labute approximate surface area is 173 Å². The molecule has 6 nitrogen and oxygen atoms in total. The van der Waals surface area contributed by atoms with Crippen molar-refractivity contribution < 1.29 is 9.53 Å². The van der Waals surface area contributed by atoms with Gasteiger partial charge in [0.25, 0.3) is 5.56 Å². The molecule has 0 aliphatic rings. The third-order valence-electron chi connectivity index (χ3n) is 4.66. The maximum absolute atomic E-state index is 12.3. The van der Waals surface area contributed by atoms with Gasteiger partial charge in [0.1, 0.15) is 5.75 Å². The number of aromatic nitrogens is 2. The van der Waals surface area contributed by atoms with Gasteiger partial charge in [-0.05, 0) is 47.5 Å². The molecule has 6 heteroatoms. The van der Waals surface area contributed by atoms with E-state index in [0.29, 0.717) is 30.8 Å². The number of fused-ring (bicyclic) bond motifs is 1. The molecule has 0 atom stereocenters. The first kappa shape index (κ1) is 19.4. The molecule has 150 valence electrons. The number of anilines is 1. The Morgan fingerprint density at radius 2 is 1.80 bits per heavy atom. The second-order valence-electron chi connectivity index (χ2n) is 6.90. The molecule has 0 aliphatic heterocycles. The summed E-state index contributed by atoms with van der Waals surface area (Å²) in [5.74, 6) is 0.721. The van der Waals surface area contributed by atoms with Crippen molar-refractivity contribution >= 4 is 22.4 Å². The van der Waals surface area contributed by atoms with Gasteiger partial charge in [0.2, 0.25) is 5.91 Å². The fourth-order valence-corrected chi connectivity index (χ4v) is 3.16. The lowest BCUT2D eigenvalue weighted by atomic mass is 10.1. The minimum atomic E-state index is -0.255. The van der Waals surface area contributed by atoms with E-state index in [9.17, 15) is 9.59 Å². The van der Waals surface area contributed by atoms with Gasteiger partial charge in [-0.2, -0.15) is 5.10 Å². The van der Waals surface area contributed by atoms with E-state index >= 15 is 0 Å². The lowest BCUT2D eigenvalue weighted by molar-refractivity contribution is -0.116. The van der Waals surface area contributed by atoms with E-state index in [1.807, 2.05) is 60.7 Å². The number of amides is 1. The second-order valence-corrected chi connectivity index (χ2v) is 6.90. The zero-order valence-corrected chi connectivity index (χ0v) is 16.3. The molecule has 1 heterocycles. The monoisotopic (exact) mass is 399 g/mol. The summed E-state index contributed by atoms with van der Waals surface area (Å²) in [4.78, 5) is 23.4. The maximum atomic E-state index is 12.3. The lowest BCUT2D eigenvalue weighted by Gasteiger charge is -2.09. The van der Waals surface area contributed by atoms with Crippen molar-refractivity contribution in [2.24, 2.45) is 0 Å². The predicted octanol–water partition coefficient (Wildman–Crippen LogP) is 4.39. The van der Waals surface area contributed by atoms with E-state index < -0.39 is 0 Å². The highest BCUT2D eigenvalue weighted by atomic mass is 16.5. The zero-order chi connectivity index (χ0) is 20.8. The highest BCUT2D eigenvalue weighted by molar-refractivity contribution is 5.91. The molecule has 0 aliphatic carbocycles. The first-order valence-electron chi connectivity index (χ1n) is 9.75. The number of aromatic amines is 1. The SMILES string of the molecule is O=C(CCCOc1ccc2ccccc2c1)Nc1cccc(-c2ccc(=O)[nH]n2)c1. The summed E-state index contributed by atoms with van der Waals surface area (Å²) in [6, 6.07) is 24.5. The number of rotatable bonds is 7. The Hall–Kier alpha value is -3.93. The molecule has 4 aromatic rings. The topological polar surface area (TPSA) is 84.1 Å². The molecule has 30 heavy (non-hydrogen) atoms. The quantitative estimate of drug-likeness (QED) is 0.452. The van der Waals surface area contributed by atoms with Crippen molar-refractivity contribution in [1.82, 2.24) is 10.2 Å². The Balaban J connectivity index is 1.28. The van der Waals surface area contributed by atoms with Crippen LogP contribution in [0.2, 0.25) is 0 Å². The van der Waals surface area contributed by atoms with Crippen molar-refractivity contribution in [3.63, 3.8) is 0 Å². The van der Waals surface area contributed by atoms with E-state index in [1.54, 1.807) is 6.07 Å². The molecular formula is C24H21N3O3. The fraction of sp³-hybridized carbons (Fsp3) is 0.125. The van der Waals surface area contributed by atoms with Crippen molar-refractivity contribution in [2.45, 2.75) is 12.8 Å². The Bertz CT molecular complexity index is 1210. The molecule has 0 radical (unpaired) electrons. The van der Waals surface area contributed by atoms with Gasteiger partial charge in [-0.25, -0.2) is 5.10 Å². The van der Waals surface area contributed by atoms with E-state index in [2.05, 4.69) is 21.6 Å². The van der Waals surface area contributed by atoms with Crippen LogP contribution < -0.4 is 15.6 Å². The molecule has 1 amide bonds. The highest BCUT2D eigenvalue weighted by Crippen LogP contribution is 2.21. The van der Waals surface area contributed by atoms with Crippen LogP contribution in [0, 0.1) is 0 Å². The summed E-state index contributed by atoms with van der Waals surface area (Å²) < 4.78 is 5.78. The number of ether oxygens (including phenoxy) is 1. The molecular weight excluding hydrogens is 378 g/mol. The van der Waals surface area contributed by atoms with Gasteiger partial charge in [-0.15, -0.1) is 0 Å². The van der Waals surface area contributed by atoms with Crippen LogP contribution in [0.25, 0.3) is 22.0 Å². The van der Waals surface area contributed by atoms with E-state index in [0.717, 1.165) is 16.7 Å². The summed E-state index contributed by atoms with van der Waals surface area (Å²) in [5.41, 5.74) is 1.87. The van der Waals surface area contributed by atoms with Gasteiger partial charge in [0.15, 0.2) is 0 Å². The second kappa shape index (κ2) is 9.05. The number of benzene rings is 3. The smallest absolute Gasteiger partial charge is 0.264 e. The van der Waals surface area contributed by atoms with Crippen molar-refractivity contribution in [1.29, 1.82) is 0 Å². The Morgan fingerprint density at radius 3 is 2.63 bits per heavy atom. The van der Waals surface area contributed by atoms with Crippen LogP contribution in [-0.2, 0) is 4.79 Å². The molecule has 0 saturated heterocycles. The molecule has 0 saturated carbocycles. The van der Waals surface area contributed by atoms with Crippen molar-refractivity contribution in [2.75, 3.05) is 11.9 Å². The maximum Gasteiger partial charge on any atom is 0.264 e. The number of carbonyl (C=O) groups is 1. The normalized spacial score (nSPS) is 10.7.